The topological polar surface area (TPSA) is 63.4 Å². The van der Waals surface area contributed by atoms with Crippen molar-refractivity contribution in [1.82, 2.24) is 4.31 Å². The predicted octanol–water partition coefficient (Wildman–Crippen LogP) is 2.14. The fourth-order valence-electron chi connectivity index (χ4n) is 1.79. The number of benzene rings is 1. The number of nitrogens with zero attached hydrogens (tertiary/aromatic N) is 1. The minimum atomic E-state index is -3.59. The lowest BCUT2D eigenvalue weighted by molar-refractivity contribution is 0.472. The molecule has 1 aromatic rings. The molecule has 2 rings (SSSR count). The fourth-order valence-corrected chi connectivity index (χ4v) is 4.04. The summed E-state index contributed by atoms with van der Waals surface area (Å²) in [5.41, 5.74) is 5.70. The molecule has 18 heavy (non-hydrogen) atoms. The highest BCUT2D eigenvalue weighted by molar-refractivity contribution is 7.89. The normalized spacial score (nSPS) is 20.7. The summed E-state index contributed by atoms with van der Waals surface area (Å²) >= 11 is 11.7. The smallest absolute Gasteiger partial charge is 0.244 e. The number of hydrogen-bond donors (Lipinski definition) is 1. The molecule has 1 heterocycles. The molecule has 1 fully saturated rings. The molecule has 0 spiro atoms. The Labute approximate surface area is 123 Å². The zero-order valence-corrected chi connectivity index (χ0v) is 12.5. The van der Waals surface area contributed by atoms with E-state index >= 15 is 0 Å². The zero-order valence-electron chi connectivity index (χ0n) is 9.34. The van der Waals surface area contributed by atoms with E-state index in [2.05, 4.69) is 0 Å². The van der Waals surface area contributed by atoms with Crippen molar-refractivity contribution in [2.45, 2.75) is 17.4 Å². The van der Waals surface area contributed by atoms with E-state index in [-0.39, 0.29) is 28.4 Å². The van der Waals surface area contributed by atoms with Crippen molar-refractivity contribution in [3.63, 3.8) is 0 Å². The molecule has 0 aromatic heterocycles. The molecular formula is C10H13Cl3N2O2S. The van der Waals surface area contributed by atoms with Crippen LogP contribution in [0.4, 0.5) is 0 Å². The first-order valence-corrected chi connectivity index (χ1v) is 7.31. The van der Waals surface area contributed by atoms with Gasteiger partial charge in [0.15, 0.2) is 0 Å². The standard InChI is InChI=1S/C10H12Cl2N2O2S.ClH/c11-7-1-2-9(12)10(5-7)17(15,16)14-4-3-8(13)6-14;/h1-2,5,8H,3-4,6,13H2;1H/t8-;/m0./s1. The zero-order chi connectivity index (χ0) is 12.6. The lowest BCUT2D eigenvalue weighted by atomic mass is 10.3. The maximum absolute atomic E-state index is 12.3. The molecule has 1 aliphatic heterocycles. The quantitative estimate of drug-likeness (QED) is 0.903. The highest BCUT2D eigenvalue weighted by Gasteiger charge is 2.32. The molecule has 1 saturated heterocycles. The van der Waals surface area contributed by atoms with Gasteiger partial charge in [-0.3, -0.25) is 0 Å². The van der Waals surface area contributed by atoms with Gasteiger partial charge in [0.2, 0.25) is 10.0 Å². The second-order valence-electron chi connectivity index (χ2n) is 3.99. The van der Waals surface area contributed by atoms with Gasteiger partial charge in [-0.1, -0.05) is 23.2 Å². The van der Waals surface area contributed by atoms with Crippen LogP contribution in [0.2, 0.25) is 10.0 Å². The van der Waals surface area contributed by atoms with Gasteiger partial charge in [-0.15, -0.1) is 12.4 Å². The van der Waals surface area contributed by atoms with Gasteiger partial charge >= 0.3 is 0 Å². The Morgan fingerprint density at radius 2 is 2.00 bits per heavy atom. The summed E-state index contributed by atoms with van der Waals surface area (Å²) in [5, 5.41) is 0.520. The molecule has 4 nitrogen and oxygen atoms in total. The third-order valence-corrected chi connectivity index (χ3v) is 5.28. The van der Waals surface area contributed by atoms with Crippen LogP contribution < -0.4 is 5.73 Å². The van der Waals surface area contributed by atoms with Gasteiger partial charge < -0.3 is 5.73 Å². The number of hydrogen-bond acceptors (Lipinski definition) is 3. The number of nitrogens with two attached hydrogens (primary N) is 1. The van der Waals surface area contributed by atoms with Crippen LogP contribution in [-0.2, 0) is 10.0 Å². The Balaban J connectivity index is 0.00000162. The lowest BCUT2D eigenvalue weighted by Gasteiger charge is -2.16. The maximum Gasteiger partial charge on any atom is 0.244 e. The molecule has 0 saturated carbocycles. The van der Waals surface area contributed by atoms with Gasteiger partial charge in [-0.05, 0) is 24.6 Å². The van der Waals surface area contributed by atoms with E-state index in [1.807, 2.05) is 0 Å². The predicted molar refractivity (Wildman–Crippen MR) is 75.1 cm³/mol. The molecular weight excluding hydrogens is 319 g/mol. The first kappa shape index (κ1) is 16.0. The summed E-state index contributed by atoms with van der Waals surface area (Å²) in [5.74, 6) is 0. The van der Waals surface area contributed by atoms with Crippen molar-refractivity contribution in [1.29, 1.82) is 0 Å². The molecule has 1 aliphatic rings. The van der Waals surface area contributed by atoms with Crippen LogP contribution >= 0.6 is 35.6 Å². The molecule has 0 amide bonds. The first-order chi connectivity index (χ1) is 7.91. The third kappa shape index (κ3) is 3.10. The third-order valence-electron chi connectivity index (χ3n) is 2.70. The van der Waals surface area contributed by atoms with E-state index in [4.69, 9.17) is 28.9 Å². The van der Waals surface area contributed by atoms with Crippen LogP contribution in [0.5, 0.6) is 0 Å². The van der Waals surface area contributed by atoms with E-state index in [0.29, 0.717) is 24.5 Å². The van der Waals surface area contributed by atoms with Crippen LogP contribution in [0.15, 0.2) is 23.1 Å². The van der Waals surface area contributed by atoms with Crippen molar-refractivity contribution in [2.75, 3.05) is 13.1 Å². The fraction of sp³-hybridized carbons (Fsp3) is 0.400. The highest BCUT2D eigenvalue weighted by atomic mass is 35.5. The summed E-state index contributed by atoms with van der Waals surface area (Å²) in [4.78, 5) is 0.0424. The molecule has 0 radical (unpaired) electrons. The van der Waals surface area contributed by atoms with Gasteiger partial charge in [-0.25, -0.2) is 8.42 Å². The van der Waals surface area contributed by atoms with Crippen molar-refractivity contribution in [3.8, 4) is 0 Å². The summed E-state index contributed by atoms with van der Waals surface area (Å²) in [6.07, 6.45) is 0.664. The van der Waals surface area contributed by atoms with Crippen LogP contribution in [-0.4, -0.2) is 31.9 Å². The first-order valence-electron chi connectivity index (χ1n) is 5.12. The van der Waals surface area contributed by atoms with Crippen LogP contribution in [0.25, 0.3) is 0 Å². The summed E-state index contributed by atoms with van der Waals surface area (Å²) in [6.45, 7) is 0.748. The average molecular weight is 332 g/mol. The number of rotatable bonds is 2. The van der Waals surface area contributed by atoms with Crippen molar-refractivity contribution in [3.05, 3.63) is 28.2 Å². The monoisotopic (exact) mass is 330 g/mol. The van der Waals surface area contributed by atoms with Gasteiger partial charge in [0.25, 0.3) is 0 Å². The minimum absolute atomic E-state index is 0. The molecule has 0 bridgehead atoms. The average Bonchev–Trinajstić information content (AvgIpc) is 2.69. The Bertz CT molecular complexity index is 536. The maximum atomic E-state index is 12.3. The van der Waals surface area contributed by atoms with Crippen LogP contribution in [0.1, 0.15) is 6.42 Å². The van der Waals surface area contributed by atoms with Crippen molar-refractivity contribution < 1.29 is 8.42 Å². The molecule has 2 N–H and O–H groups in total. The highest BCUT2D eigenvalue weighted by Crippen LogP contribution is 2.29. The van der Waals surface area contributed by atoms with Crippen LogP contribution in [0, 0.1) is 0 Å². The van der Waals surface area contributed by atoms with Gasteiger partial charge in [0.1, 0.15) is 4.90 Å². The second-order valence-corrected chi connectivity index (χ2v) is 6.74. The Morgan fingerprint density at radius 3 is 2.56 bits per heavy atom. The number of sulfonamides is 1. The minimum Gasteiger partial charge on any atom is -0.326 e. The Hall–Kier alpha value is -0.0400. The summed E-state index contributed by atoms with van der Waals surface area (Å²) in [6, 6.07) is 4.29. The Kier molecular flexibility index (Phi) is 5.29. The SMILES string of the molecule is Cl.N[C@H]1CCN(S(=O)(=O)c2cc(Cl)ccc2Cl)C1. The van der Waals surface area contributed by atoms with E-state index in [1.165, 1.54) is 16.4 Å². The van der Waals surface area contributed by atoms with Gasteiger partial charge in [0.05, 0.1) is 5.02 Å². The van der Waals surface area contributed by atoms with E-state index in [0.717, 1.165) is 0 Å². The second kappa shape index (κ2) is 5.94. The molecule has 1 atom stereocenters. The summed E-state index contributed by atoms with van der Waals surface area (Å²) in [7, 11) is -3.59. The largest absolute Gasteiger partial charge is 0.326 e. The Morgan fingerprint density at radius 1 is 1.33 bits per heavy atom. The van der Waals surface area contributed by atoms with Gasteiger partial charge in [-0.2, -0.15) is 4.31 Å². The van der Waals surface area contributed by atoms with E-state index < -0.39 is 10.0 Å². The van der Waals surface area contributed by atoms with Crippen molar-refractivity contribution in [2.24, 2.45) is 5.73 Å². The van der Waals surface area contributed by atoms with Crippen molar-refractivity contribution >= 4 is 45.6 Å². The van der Waals surface area contributed by atoms with E-state index in [1.54, 1.807) is 6.07 Å². The molecule has 8 heteroatoms. The molecule has 102 valence electrons. The lowest BCUT2D eigenvalue weighted by Crippen LogP contribution is -2.32. The van der Waals surface area contributed by atoms with Gasteiger partial charge in [0, 0.05) is 24.2 Å². The molecule has 0 aliphatic carbocycles. The van der Waals surface area contributed by atoms with Crippen LogP contribution in [0.3, 0.4) is 0 Å². The molecule has 0 unspecified atom stereocenters. The van der Waals surface area contributed by atoms with E-state index in [9.17, 15) is 8.42 Å². The summed E-state index contributed by atoms with van der Waals surface area (Å²) < 4.78 is 25.9. The number of halogens is 3. The molecule has 1 aromatic carbocycles.